The van der Waals surface area contributed by atoms with Crippen LogP contribution in [0.3, 0.4) is 0 Å². The molecule has 0 spiro atoms. The molecule has 0 aromatic heterocycles. The number of nitrogens with two attached hydrogens (primary N) is 1. The Morgan fingerprint density at radius 2 is 1.88 bits per heavy atom. The normalized spacial score (nSPS) is 13.1. The van der Waals surface area contributed by atoms with Gasteiger partial charge in [0.2, 0.25) is 0 Å². The first-order valence-corrected chi connectivity index (χ1v) is 4.49. The Morgan fingerprint density at radius 1 is 1.31 bits per heavy atom. The van der Waals surface area contributed by atoms with Crippen LogP contribution >= 0.6 is 12.4 Å². The third-order valence-electron chi connectivity index (χ3n) is 2.17. The second-order valence-corrected chi connectivity index (χ2v) is 3.21. The Morgan fingerprint density at radius 3 is 2.31 bits per heavy atom. The summed E-state index contributed by atoms with van der Waals surface area (Å²) in [6.07, 6.45) is -4.31. The Bertz CT molecular complexity index is 351. The van der Waals surface area contributed by atoms with E-state index in [9.17, 15) is 17.6 Å². The van der Waals surface area contributed by atoms with Crippen molar-refractivity contribution in [2.24, 2.45) is 5.73 Å². The van der Waals surface area contributed by atoms with E-state index in [2.05, 4.69) is 0 Å². The number of benzene rings is 1. The summed E-state index contributed by atoms with van der Waals surface area (Å²) in [4.78, 5) is 0. The molecule has 1 atom stereocenters. The molecule has 0 amide bonds. The molecule has 2 N–H and O–H groups in total. The van der Waals surface area contributed by atoms with E-state index >= 15 is 0 Å². The van der Waals surface area contributed by atoms with Crippen molar-refractivity contribution in [3.05, 3.63) is 35.1 Å². The third-order valence-corrected chi connectivity index (χ3v) is 2.17. The lowest BCUT2D eigenvalue weighted by Crippen LogP contribution is -2.18. The van der Waals surface area contributed by atoms with Gasteiger partial charge in [0.15, 0.2) is 0 Å². The van der Waals surface area contributed by atoms with E-state index in [0.29, 0.717) is 0 Å². The molecule has 1 unspecified atom stereocenters. The number of halogens is 5. The summed E-state index contributed by atoms with van der Waals surface area (Å²) in [7, 11) is 0. The van der Waals surface area contributed by atoms with Crippen molar-refractivity contribution >= 4 is 12.4 Å². The highest BCUT2D eigenvalue weighted by Gasteiger charge is 2.35. The summed E-state index contributed by atoms with van der Waals surface area (Å²) in [5.41, 5.74) is 4.01. The molecule has 0 saturated carbocycles. The van der Waals surface area contributed by atoms with Crippen LogP contribution in [-0.4, -0.2) is 0 Å². The summed E-state index contributed by atoms with van der Waals surface area (Å²) in [5, 5.41) is 0. The number of rotatable bonds is 2. The minimum atomic E-state index is -4.57. The first-order chi connectivity index (χ1) is 6.88. The van der Waals surface area contributed by atoms with E-state index in [4.69, 9.17) is 5.73 Å². The molecular formula is C10H12ClF4N. The monoisotopic (exact) mass is 257 g/mol. The van der Waals surface area contributed by atoms with Gasteiger partial charge in [-0.05, 0) is 18.6 Å². The Labute approximate surface area is 97.0 Å². The van der Waals surface area contributed by atoms with Gasteiger partial charge >= 0.3 is 6.18 Å². The fraction of sp³-hybridized carbons (Fsp3) is 0.400. The number of hydrogen-bond acceptors (Lipinski definition) is 1. The Hall–Kier alpha value is -0.810. The van der Waals surface area contributed by atoms with Crippen molar-refractivity contribution in [3.63, 3.8) is 0 Å². The molecule has 0 aliphatic rings. The van der Waals surface area contributed by atoms with Crippen molar-refractivity contribution in [1.82, 2.24) is 0 Å². The molecule has 0 radical (unpaired) electrons. The molecule has 0 saturated heterocycles. The lowest BCUT2D eigenvalue weighted by atomic mass is 9.98. The van der Waals surface area contributed by atoms with Gasteiger partial charge in [-0.1, -0.05) is 13.0 Å². The average Bonchev–Trinajstić information content (AvgIpc) is 2.15. The van der Waals surface area contributed by atoms with E-state index in [1.165, 1.54) is 0 Å². The molecule has 6 heteroatoms. The largest absolute Gasteiger partial charge is 0.416 e. The van der Waals surface area contributed by atoms with Crippen LogP contribution in [0.1, 0.15) is 30.5 Å². The van der Waals surface area contributed by atoms with Gasteiger partial charge in [0, 0.05) is 11.6 Å². The van der Waals surface area contributed by atoms with Gasteiger partial charge in [0.1, 0.15) is 5.82 Å². The minimum Gasteiger partial charge on any atom is -0.324 e. The predicted octanol–water partition coefficient (Wildman–Crippen LogP) is 3.68. The van der Waals surface area contributed by atoms with Crippen LogP contribution in [0.5, 0.6) is 0 Å². The van der Waals surface area contributed by atoms with Gasteiger partial charge in [-0.3, -0.25) is 0 Å². The zero-order valence-electron chi connectivity index (χ0n) is 8.51. The SMILES string of the molecule is CCC(N)c1c(F)cccc1C(F)(F)F.Cl. The van der Waals surface area contributed by atoms with Crippen molar-refractivity contribution < 1.29 is 17.6 Å². The molecule has 1 aromatic carbocycles. The van der Waals surface area contributed by atoms with Crippen LogP contribution in [0.25, 0.3) is 0 Å². The molecule has 0 aliphatic heterocycles. The molecule has 92 valence electrons. The molecule has 0 aliphatic carbocycles. The van der Waals surface area contributed by atoms with Crippen LogP contribution in [0.4, 0.5) is 17.6 Å². The lowest BCUT2D eigenvalue weighted by Gasteiger charge is -2.17. The second kappa shape index (κ2) is 5.50. The third kappa shape index (κ3) is 3.09. The highest BCUT2D eigenvalue weighted by atomic mass is 35.5. The molecule has 1 rings (SSSR count). The molecule has 0 bridgehead atoms. The van der Waals surface area contributed by atoms with Gasteiger partial charge in [-0.15, -0.1) is 12.4 Å². The first-order valence-electron chi connectivity index (χ1n) is 4.49. The summed E-state index contributed by atoms with van der Waals surface area (Å²) in [6.45, 7) is 1.61. The number of hydrogen-bond donors (Lipinski definition) is 1. The van der Waals surface area contributed by atoms with E-state index in [-0.39, 0.29) is 18.8 Å². The van der Waals surface area contributed by atoms with Crippen molar-refractivity contribution in [2.45, 2.75) is 25.6 Å². The maximum Gasteiger partial charge on any atom is 0.416 e. The molecule has 1 nitrogen and oxygen atoms in total. The van der Waals surface area contributed by atoms with Crippen molar-refractivity contribution in [1.29, 1.82) is 0 Å². The van der Waals surface area contributed by atoms with Gasteiger partial charge in [0.25, 0.3) is 0 Å². The van der Waals surface area contributed by atoms with Crippen molar-refractivity contribution in [2.75, 3.05) is 0 Å². The van der Waals surface area contributed by atoms with Gasteiger partial charge in [-0.25, -0.2) is 4.39 Å². The van der Waals surface area contributed by atoms with Crippen LogP contribution in [0, 0.1) is 5.82 Å². The standard InChI is InChI=1S/C10H11F4N.ClH/c1-2-8(15)9-6(10(12,13)14)4-3-5-7(9)11;/h3-5,8H,2,15H2,1H3;1H. The summed E-state index contributed by atoms with van der Waals surface area (Å²) < 4.78 is 50.7. The fourth-order valence-corrected chi connectivity index (χ4v) is 1.37. The van der Waals surface area contributed by atoms with Crippen LogP contribution in [0.2, 0.25) is 0 Å². The highest BCUT2D eigenvalue weighted by Crippen LogP contribution is 2.35. The molecule has 0 fully saturated rings. The second-order valence-electron chi connectivity index (χ2n) is 3.21. The van der Waals surface area contributed by atoms with E-state index in [1.807, 2.05) is 0 Å². The van der Waals surface area contributed by atoms with Crippen LogP contribution in [-0.2, 0) is 6.18 Å². The molecule has 1 aromatic rings. The zero-order chi connectivity index (χ0) is 11.6. The summed E-state index contributed by atoms with van der Waals surface area (Å²) in [6, 6.07) is 1.93. The average molecular weight is 258 g/mol. The molecule has 16 heavy (non-hydrogen) atoms. The first kappa shape index (κ1) is 15.2. The van der Waals surface area contributed by atoms with Gasteiger partial charge < -0.3 is 5.73 Å². The number of alkyl halides is 3. The van der Waals surface area contributed by atoms with E-state index in [0.717, 1.165) is 18.2 Å². The lowest BCUT2D eigenvalue weighted by molar-refractivity contribution is -0.138. The quantitative estimate of drug-likeness (QED) is 0.804. The van der Waals surface area contributed by atoms with Gasteiger partial charge in [0.05, 0.1) is 5.56 Å². The van der Waals surface area contributed by atoms with Crippen LogP contribution in [0.15, 0.2) is 18.2 Å². The topological polar surface area (TPSA) is 26.0 Å². The smallest absolute Gasteiger partial charge is 0.324 e. The molecular weight excluding hydrogens is 246 g/mol. The van der Waals surface area contributed by atoms with E-state index < -0.39 is 29.2 Å². The van der Waals surface area contributed by atoms with Crippen molar-refractivity contribution in [3.8, 4) is 0 Å². The Balaban J connectivity index is 0.00000225. The molecule has 0 heterocycles. The maximum atomic E-state index is 13.2. The minimum absolute atomic E-state index is 0. The fourth-order valence-electron chi connectivity index (χ4n) is 1.37. The summed E-state index contributed by atoms with van der Waals surface area (Å²) >= 11 is 0. The van der Waals surface area contributed by atoms with E-state index in [1.54, 1.807) is 6.92 Å². The predicted molar refractivity (Wildman–Crippen MR) is 55.9 cm³/mol. The van der Waals surface area contributed by atoms with Gasteiger partial charge in [-0.2, -0.15) is 13.2 Å². The summed E-state index contributed by atoms with van der Waals surface area (Å²) in [5.74, 6) is -0.904. The van der Waals surface area contributed by atoms with Crippen LogP contribution < -0.4 is 5.73 Å². The maximum absolute atomic E-state index is 13.2. The highest BCUT2D eigenvalue weighted by molar-refractivity contribution is 5.85. The Kier molecular flexibility index (Phi) is 5.22. The zero-order valence-corrected chi connectivity index (χ0v) is 9.33.